The highest BCUT2D eigenvalue weighted by atomic mass is 32.2. The number of likely N-dealkylation sites (tertiary alicyclic amines) is 1. The molecule has 0 radical (unpaired) electrons. The van der Waals surface area contributed by atoms with Gasteiger partial charge in [0, 0.05) is 84.5 Å². The predicted molar refractivity (Wildman–Crippen MR) is 190 cm³/mol. The van der Waals surface area contributed by atoms with Gasteiger partial charge in [-0.2, -0.15) is 24.4 Å². The standard InChI is InChI=1S/C15H25N3O4S.C14H21N3O4.CH5N.CH4S/c1-16-12(19)6-4-3-5-8-17-13(20)7-9-18-14(21)10-11(23-2)15(18)22;1-15-11(18)5-3-2-4-9-16-12(19)8-10-17-13(20)6-7-14(17)21;2*1-2/h11H,3-10H2,1-2H3,(H,16,19)(H,17,20);6-7H,2-5,8-10H2,1H3,(H,15,18)(H,16,19);2H2,1H3;2H,1H3. The smallest absolute Gasteiger partial charge is 0.253 e. The summed E-state index contributed by atoms with van der Waals surface area (Å²) >= 11 is 4.89. The van der Waals surface area contributed by atoms with Crippen LogP contribution in [0.4, 0.5) is 0 Å². The van der Waals surface area contributed by atoms with Crippen LogP contribution in [0.2, 0.25) is 0 Å². The molecule has 1 saturated heterocycles. The molecule has 0 aromatic carbocycles. The molecule has 0 aromatic rings. The third-order valence-electron chi connectivity index (χ3n) is 6.88. The molecule has 2 rings (SSSR count). The lowest BCUT2D eigenvalue weighted by atomic mass is 10.2. The number of hydrogen-bond donors (Lipinski definition) is 6. The van der Waals surface area contributed by atoms with E-state index in [1.165, 1.54) is 35.9 Å². The Morgan fingerprint density at radius 2 is 1.12 bits per heavy atom. The first-order valence-electron chi connectivity index (χ1n) is 15.9. The SMILES string of the molecule is CN.CNC(=O)CCCCCNC(=O)CCN1C(=O)C=CC1=O.CNC(=O)CCCCCNC(=O)CCN1C(=O)CC(SC)C1=O.CS. The number of rotatable bonds is 19. The number of nitrogens with zero attached hydrogens (tertiary/aromatic N) is 2. The molecule has 8 amide bonds. The van der Waals surface area contributed by atoms with Crippen molar-refractivity contribution < 1.29 is 38.4 Å². The van der Waals surface area contributed by atoms with Gasteiger partial charge >= 0.3 is 0 Å². The lowest BCUT2D eigenvalue weighted by Crippen LogP contribution is -2.35. The minimum Gasteiger partial charge on any atom is -0.359 e. The second-order valence-electron chi connectivity index (χ2n) is 10.1. The van der Waals surface area contributed by atoms with Crippen molar-refractivity contribution in [3.8, 4) is 0 Å². The zero-order valence-corrected chi connectivity index (χ0v) is 30.6. The largest absolute Gasteiger partial charge is 0.359 e. The Labute approximate surface area is 294 Å². The quantitative estimate of drug-likeness (QED) is 0.0603. The first-order valence-corrected chi connectivity index (χ1v) is 18.1. The van der Waals surface area contributed by atoms with E-state index in [0.717, 1.165) is 43.4 Å². The van der Waals surface area contributed by atoms with Crippen LogP contribution in [0.25, 0.3) is 0 Å². The van der Waals surface area contributed by atoms with E-state index in [1.54, 1.807) is 26.6 Å². The minimum atomic E-state index is -0.373. The van der Waals surface area contributed by atoms with Gasteiger partial charge in [0.05, 0.1) is 5.25 Å². The molecule has 274 valence electrons. The Balaban J connectivity index is 0. The molecule has 2 heterocycles. The third kappa shape index (κ3) is 20.7. The van der Waals surface area contributed by atoms with Gasteiger partial charge in [0.1, 0.15) is 0 Å². The number of nitrogens with two attached hydrogens (primary N) is 1. The number of thioether (sulfide) groups is 1. The Hall–Kier alpha value is -3.44. The Kier molecular flexibility index (Phi) is 28.9. The summed E-state index contributed by atoms with van der Waals surface area (Å²) in [6, 6.07) is 0. The molecule has 0 aliphatic carbocycles. The molecule has 1 unspecified atom stereocenters. The summed E-state index contributed by atoms with van der Waals surface area (Å²) in [5.41, 5.74) is 4.50. The molecule has 6 N–H and O–H groups in total. The molecule has 0 spiro atoms. The van der Waals surface area contributed by atoms with Gasteiger partial charge in [-0.3, -0.25) is 48.2 Å². The maximum Gasteiger partial charge on any atom is 0.253 e. The monoisotopic (exact) mass is 717 g/mol. The van der Waals surface area contributed by atoms with E-state index in [4.69, 9.17) is 0 Å². The average molecular weight is 718 g/mol. The molecular formula is C31H55N7O8S2. The van der Waals surface area contributed by atoms with Gasteiger partial charge in [-0.15, -0.1) is 0 Å². The van der Waals surface area contributed by atoms with Crippen molar-refractivity contribution in [2.75, 3.05) is 59.8 Å². The lowest BCUT2D eigenvalue weighted by Gasteiger charge is -2.14. The summed E-state index contributed by atoms with van der Waals surface area (Å²) in [4.78, 5) is 93.6. The molecule has 2 aliphatic rings. The van der Waals surface area contributed by atoms with E-state index >= 15 is 0 Å². The van der Waals surface area contributed by atoms with Crippen LogP contribution in [0, 0.1) is 0 Å². The summed E-state index contributed by atoms with van der Waals surface area (Å²) in [7, 11) is 4.72. The van der Waals surface area contributed by atoms with E-state index in [-0.39, 0.29) is 84.9 Å². The number of nitrogens with one attached hydrogen (secondary N) is 4. The highest BCUT2D eigenvalue weighted by molar-refractivity contribution is 8.00. The number of thiol groups is 1. The summed E-state index contributed by atoms with van der Waals surface area (Å²) in [5.74, 6) is -1.44. The van der Waals surface area contributed by atoms with Crippen LogP contribution in [0.5, 0.6) is 0 Å². The van der Waals surface area contributed by atoms with E-state index < -0.39 is 0 Å². The number of carbonyl (C=O) groups excluding carboxylic acids is 8. The number of unbranched alkanes of at least 4 members (excludes halogenated alkanes) is 4. The first kappa shape index (κ1) is 46.7. The highest BCUT2D eigenvalue weighted by Gasteiger charge is 2.37. The first-order chi connectivity index (χ1) is 23.0. The van der Waals surface area contributed by atoms with Crippen molar-refractivity contribution in [2.24, 2.45) is 5.73 Å². The van der Waals surface area contributed by atoms with Gasteiger partial charge in [0.15, 0.2) is 0 Å². The molecule has 2 aliphatic heterocycles. The van der Waals surface area contributed by atoms with Crippen molar-refractivity contribution in [3.05, 3.63) is 12.2 Å². The Bertz CT molecular complexity index is 1060. The van der Waals surface area contributed by atoms with E-state index in [2.05, 4.69) is 39.6 Å². The van der Waals surface area contributed by atoms with E-state index in [9.17, 15) is 38.4 Å². The fourth-order valence-corrected chi connectivity index (χ4v) is 4.85. The zero-order valence-electron chi connectivity index (χ0n) is 28.9. The van der Waals surface area contributed by atoms with Crippen LogP contribution >= 0.6 is 24.4 Å². The van der Waals surface area contributed by atoms with Crippen molar-refractivity contribution >= 4 is 71.6 Å². The number of imide groups is 2. The topological polar surface area (TPSA) is 217 Å². The average Bonchev–Trinajstić information content (AvgIpc) is 3.57. The van der Waals surface area contributed by atoms with Gasteiger partial charge in [-0.1, -0.05) is 12.8 Å². The fourth-order valence-electron chi connectivity index (χ4n) is 4.21. The molecule has 1 atom stereocenters. The Morgan fingerprint density at radius 1 is 0.708 bits per heavy atom. The number of carbonyl (C=O) groups is 8. The molecule has 0 aromatic heterocycles. The maximum absolute atomic E-state index is 11.9. The zero-order chi connectivity index (χ0) is 36.9. The highest BCUT2D eigenvalue weighted by Crippen LogP contribution is 2.23. The number of hydrogen-bond acceptors (Lipinski definition) is 11. The van der Waals surface area contributed by atoms with E-state index in [0.29, 0.717) is 25.9 Å². The summed E-state index contributed by atoms with van der Waals surface area (Å²) < 4.78 is 0. The van der Waals surface area contributed by atoms with Crippen molar-refractivity contribution in [1.82, 2.24) is 31.1 Å². The second-order valence-corrected chi connectivity index (χ2v) is 11.2. The van der Waals surface area contributed by atoms with Crippen LogP contribution in [-0.4, -0.2) is 122 Å². The molecule has 0 bridgehead atoms. The van der Waals surface area contributed by atoms with Gasteiger partial charge in [-0.05, 0) is 45.2 Å². The van der Waals surface area contributed by atoms with Crippen LogP contribution in [0.15, 0.2) is 12.2 Å². The lowest BCUT2D eigenvalue weighted by molar-refractivity contribution is -0.140. The van der Waals surface area contributed by atoms with Crippen LogP contribution in [0.1, 0.15) is 70.6 Å². The van der Waals surface area contributed by atoms with Crippen LogP contribution in [0.3, 0.4) is 0 Å². The molecule has 15 nitrogen and oxygen atoms in total. The van der Waals surface area contributed by atoms with Gasteiger partial charge in [0.25, 0.3) is 11.8 Å². The molecular weight excluding hydrogens is 663 g/mol. The second kappa shape index (κ2) is 29.7. The van der Waals surface area contributed by atoms with Crippen molar-refractivity contribution in [3.63, 3.8) is 0 Å². The molecule has 48 heavy (non-hydrogen) atoms. The Morgan fingerprint density at radius 3 is 1.50 bits per heavy atom. The van der Waals surface area contributed by atoms with Gasteiger partial charge < -0.3 is 27.0 Å². The molecule has 0 saturated carbocycles. The van der Waals surface area contributed by atoms with Crippen molar-refractivity contribution in [2.45, 2.75) is 75.9 Å². The number of amides is 8. The van der Waals surface area contributed by atoms with Gasteiger partial charge in [-0.25, -0.2) is 0 Å². The van der Waals surface area contributed by atoms with E-state index in [1.807, 2.05) is 0 Å². The summed E-state index contributed by atoms with van der Waals surface area (Å²) in [6.07, 6.45) is 12.3. The summed E-state index contributed by atoms with van der Waals surface area (Å²) in [6.45, 7) is 1.33. The van der Waals surface area contributed by atoms with Crippen LogP contribution < -0.4 is 27.0 Å². The normalized spacial score (nSPS) is 14.6. The van der Waals surface area contributed by atoms with Crippen LogP contribution in [-0.2, 0) is 38.4 Å². The maximum atomic E-state index is 11.9. The molecule has 17 heteroatoms. The molecule has 1 fully saturated rings. The fraction of sp³-hybridized carbons (Fsp3) is 0.677. The van der Waals surface area contributed by atoms with Gasteiger partial charge in [0.2, 0.25) is 35.4 Å². The third-order valence-corrected chi connectivity index (χ3v) is 7.81. The summed E-state index contributed by atoms with van der Waals surface area (Å²) in [5, 5.41) is 10.3. The predicted octanol–water partition coefficient (Wildman–Crippen LogP) is 0.135. The van der Waals surface area contributed by atoms with Crippen molar-refractivity contribution in [1.29, 1.82) is 0 Å². The minimum absolute atomic E-state index is 0.0209.